The summed E-state index contributed by atoms with van der Waals surface area (Å²) >= 11 is 12.0. The molecule has 0 fully saturated rings. The number of aliphatic imine (C=N–C) groups is 1. The lowest BCUT2D eigenvalue weighted by Gasteiger charge is -2.09. The molecule has 1 heterocycles. The number of hydrogen-bond donors (Lipinski definition) is 4. The number of benzene rings is 2. The van der Waals surface area contributed by atoms with Gasteiger partial charge in [0.2, 0.25) is 5.91 Å². The number of rotatable bonds is 2. The number of carbonyl (C=O) groups is 1. The van der Waals surface area contributed by atoms with Gasteiger partial charge in [-0.25, -0.2) is 0 Å². The summed E-state index contributed by atoms with van der Waals surface area (Å²) in [7, 11) is 0. The fourth-order valence-electron chi connectivity index (χ4n) is 1.97. The normalized spacial score (nSPS) is 12.4. The Morgan fingerprint density at radius 3 is 2.32 bits per heavy atom. The molecule has 4 N–H and O–H groups in total. The molecule has 3 rings (SSSR count). The molecular weight excluding hydrogens is 363 g/mol. The van der Waals surface area contributed by atoms with Crippen LogP contribution in [0, 0.1) is 0 Å². The molecule has 2 aromatic carbocycles. The van der Waals surface area contributed by atoms with Gasteiger partial charge in [0.1, 0.15) is 5.75 Å². The standard InChI is InChI=1S/C9H9Cl2N3.C8H9NO2/c10-6-2-1-3-7(11)8(6)14-9-12-4-5-13-9;1-6(10)9-7-2-4-8(11)5-3-7/h1-3H,4-5H2,(H2,12,13,14);2-5,11H,1H3,(H,9,10). The van der Waals surface area contributed by atoms with Crippen LogP contribution in [0.25, 0.3) is 0 Å². The van der Waals surface area contributed by atoms with Crippen LogP contribution in [0.2, 0.25) is 10.0 Å². The summed E-state index contributed by atoms with van der Waals surface area (Å²) in [6.07, 6.45) is 0. The first kappa shape index (κ1) is 18.9. The van der Waals surface area contributed by atoms with Gasteiger partial charge in [-0.15, -0.1) is 0 Å². The van der Waals surface area contributed by atoms with Crippen molar-refractivity contribution in [2.45, 2.75) is 6.92 Å². The van der Waals surface area contributed by atoms with Crippen molar-refractivity contribution in [1.82, 2.24) is 5.32 Å². The predicted octanol–water partition coefficient (Wildman–Crippen LogP) is 3.72. The molecule has 1 amide bonds. The summed E-state index contributed by atoms with van der Waals surface area (Å²) in [5.41, 5.74) is 1.39. The van der Waals surface area contributed by atoms with Crippen molar-refractivity contribution in [1.29, 1.82) is 0 Å². The Morgan fingerprint density at radius 2 is 1.80 bits per heavy atom. The second kappa shape index (κ2) is 9.15. The van der Waals surface area contributed by atoms with Crippen LogP contribution < -0.4 is 16.0 Å². The summed E-state index contributed by atoms with van der Waals surface area (Å²) in [6.45, 7) is 3.07. The van der Waals surface area contributed by atoms with Gasteiger partial charge in [-0.05, 0) is 36.4 Å². The predicted molar refractivity (Wildman–Crippen MR) is 103 cm³/mol. The summed E-state index contributed by atoms with van der Waals surface area (Å²) in [6, 6.07) is 11.7. The lowest BCUT2D eigenvalue weighted by molar-refractivity contribution is -0.114. The molecular formula is C17H18Cl2N4O2. The molecule has 8 heteroatoms. The molecule has 0 atom stereocenters. The first-order valence-corrected chi connectivity index (χ1v) is 8.27. The molecule has 0 radical (unpaired) electrons. The van der Waals surface area contributed by atoms with Gasteiger partial charge in [-0.2, -0.15) is 0 Å². The topological polar surface area (TPSA) is 85.8 Å². The Hall–Kier alpha value is -2.44. The Morgan fingerprint density at radius 1 is 1.16 bits per heavy atom. The fourth-order valence-corrected chi connectivity index (χ4v) is 2.46. The number of phenols is 1. The largest absolute Gasteiger partial charge is 0.508 e. The van der Waals surface area contributed by atoms with Crippen LogP contribution in [-0.4, -0.2) is 30.1 Å². The highest BCUT2D eigenvalue weighted by Gasteiger charge is 2.09. The summed E-state index contributed by atoms with van der Waals surface area (Å²) < 4.78 is 0. The number of guanidine groups is 1. The van der Waals surface area contributed by atoms with Crippen molar-refractivity contribution in [3.8, 4) is 5.75 Å². The number of hydrogen-bond acceptors (Lipinski definition) is 5. The van der Waals surface area contributed by atoms with Gasteiger partial charge < -0.3 is 21.1 Å². The van der Waals surface area contributed by atoms with E-state index in [1.54, 1.807) is 30.3 Å². The highest BCUT2D eigenvalue weighted by Crippen LogP contribution is 2.29. The molecule has 132 valence electrons. The molecule has 0 unspecified atom stereocenters. The summed E-state index contributed by atoms with van der Waals surface area (Å²) in [4.78, 5) is 14.7. The van der Waals surface area contributed by atoms with Crippen LogP contribution in [0.4, 0.5) is 11.4 Å². The van der Waals surface area contributed by atoms with E-state index in [9.17, 15) is 4.79 Å². The maximum absolute atomic E-state index is 10.5. The number of nitrogens with one attached hydrogen (secondary N) is 3. The molecule has 6 nitrogen and oxygen atoms in total. The van der Waals surface area contributed by atoms with Crippen molar-refractivity contribution in [3.63, 3.8) is 0 Å². The molecule has 0 aliphatic carbocycles. The SMILES string of the molecule is CC(=O)Nc1ccc(O)cc1.Clc1cccc(Cl)c1NC1=NCCN1. The van der Waals surface area contributed by atoms with Crippen molar-refractivity contribution < 1.29 is 9.90 Å². The molecule has 2 aromatic rings. The number of carbonyl (C=O) groups excluding carboxylic acids is 1. The highest BCUT2D eigenvalue weighted by molar-refractivity contribution is 6.39. The van der Waals surface area contributed by atoms with E-state index in [0.717, 1.165) is 19.0 Å². The Bertz CT molecular complexity index is 743. The summed E-state index contributed by atoms with van der Waals surface area (Å²) in [5.74, 6) is 0.801. The van der Waals surface area contributed by atoms with Crippen molar-refractivity contribution >= 4 is 46.4 Å². The van der Waals surface area contributed by atoms with E-state index in [-0.39, 0.29) is 11.7 Å². The fraction of sp³-hybridized carbons (Fsp3) is 0.176. The smallest absolute Gasteiger partial charge is 0.221 e. The van der Waals surface area contributed by atoms with Gasteiger partial charge in [0, 0.05) is 19.2 Å². The number of amides is 1. The molecule has 25 heavy (non-hydrogen) atoms. The van der Waals surface area contributed by atoms with E-state index in [1.807, 2.05) is 0 Å². The average Bonchev–Trinajstić information content (AvgIpc) is 3.07. The first-order chi connectivity index (χ1) is 12.0. The van der Waals surface area contributed by atoms with Gasteiger partial charge in [0.25, 0.3) is 0 Å². The zero-order chi connectivity index (χ0) is 18.2. The average molecular weight is 381 g/mol. The van der Waals surface area contributed by atoms with Crippen LogP contribution in [0.5, 0.6) is 5.75 Å². The Kier molecular flexibility index (Phi) is 6.91. The molecule has 0 aromatic heterocycles. The second-order valence-corrected chi connectivity index (χ2v) is 5.92. The third-order valence-corrected chi connectivity index (χ3v) is 3.70. The van der Waals surface area contributed by atoms with E-state index in [4.69, 9.17) is 28.3 Å². The Labute approximate surface area is 155 Å². The maximum atomic E-state index is 10.5. The number of nitrogens with zero attached hydrogens (tertiary/aromatic N) is 1. The van der Waals surface area contributed by atoms with Gasteiger partial charge in [-0.1, -0.05) is 29.3 Å². The quantitative estimate of drug-likeness (QED) is 0.598. The third-order valence-electron chi connectivity index (χ3n) is 3.07. The molecule has 0 saturated heterocycles. The second-order valence-electron chi connectivity index (χ2n) is 5.11. The number of halogens is 2. The summed E-state index contributed by atoms with van der Waals surface area (Å²) in [5, 5.41) is 18.8. The minimum Gasteiger partial charge on any atom is -0.508 e. The number of anilines is 2. The molecule has 0 bridgehead atoms. The minimum atomic E-state index is -0.115. The van der Waals surface area contributed by atoms with Crippen LogP contribution in [-0.2, 0) is 4.79 Å². The van der Waals surface area contributed by atoms with Crippen molar-refractivity contribution in [2.24, 2.45) is 4.99 Å². The third kappa shape index (κ3) is 6.17. The lowest BCUT2D eigenvalue weighted by Crippen LogP contribution is -2.26. The monoisotopic (exact) mass is 380 g/mol. The zero-order valence-corrected chi connectivity index (χ0v) is 15.0. The zero-order valence-electron chi connectivity index (χ0n) is 13.5. The lowest BCUT2D eigenvalue weighted by atomic mass is 10.3. The highest BCUT2D eigenvalue weighted by atomic mass is 35.5. The number of phenolic OH excluding ortho intramolecular Hbond substituents is 1. The van der Waals surface area contributed by atoms with Crippen LogP contribution >= 0.6 is 23.2 Å². The van der Waals surface area contributed by atoms with E-state index in [2.05, 4.69) is 20.9 Å². The number of aromatic hydroxyl groups is 1. The maximum Gasteiger partial charge on any atom is 0.221 e. The van der Waals surface area contributed by atoms with Crippen LogP contribution in [0.1, 0.15) is 6.92 Å². The van der Waals surface area contributed by atoms with Gasteiger partial charge in [-0.3, -0.25) is 9.79 Å². The van der Waals surface area contributed by atoms with Crippen LogP contribution in [0.15, 0.2) is 47.5 Å². The van der Waals surface area contributed by atoms with Crippen LogP contribution in [0.3, 0.4) is 0 Å². The number of para-hydroxylation sites is 1. The minimum absolute atomic E-state index is 0.115. The first-order valence-electron chi connectivity index (χ1n) is 7.51. The molecule has 0 spiro atoms. The van der Waals surface area contributed by atoms with E-state index in [0.29, 0.717) is 21.4 Å². The van der Waals surface area contributed by atoms with Crippen molar-refractivity contribution in [3.05, 3.63) is 52.5 Å². The molecule has 1 aliphatic heterocycles. The van der Waals surface area contributed by atoms with E-state index >= 15 is 0 Å². The van der Waals surface area contributed by atoms with Gasteiger partial charge in [0.15, 0.2) is 5.96 Å². The van der Waals surface area contributed by atoms with E-state index < -0.39 is 0 Å². The van der Waals surface area contributed by atoms with Gasteiger partial charge in [0.05, 0.1) is 22.3 Å². The van der Waals surface area contributed by atoms with Gasteiger partial charge >= 0.3 is 0 Å². The molecule has 1 aliphatic rings. The Balaban J connectivity index is 0.000000186. The van der Waals surface area contributed by atoms with Crippen molar-refractivity contribution in [2.75, 3.05) is 23.7 Å². The van der Waals surface area contributed by atoms with E-state index in [1.165, 1.54) is 19.1 Å². The molecule has 0 saturated carbocycles.